The molecule has 0 aliphatic carbocycles. The molecule has 0 saturated carbocycles. The van der Waals surface area contributed by atoms with E-state index in [1.807, 2.05) is 19.2 Å². The fourth-order valence-electron chi connectivity index (χ4n) is 1.68. The number of nitrogens with zero attached hydrogens (tertiary/aromatic N) is 4. The zero-order valence-electron chi connectivity index (χ0n) is 10.7. The Hall–Kier alpha value is -2.81. The number of aromatic nitrogens is 2. The zero-order valence-corrected chi connectivity index (χ0v) is 10.7. The van der Waals surface area contributed by atoms with Crippen molar-refractivity contribution >= 4 is 17.2 Å². The maximum Gasteiger partial charge on any atom is 0.242 e. The Bertz CT molecular complexity index is 618. The van der Waals surface area contributed by atoms with Crippen LogP contribution < -0.4 is 15.4 Å². The second-order valence-electron chi connectivity index (χ2n) is 3.84. The number of nitrogens with two attached hydrogens (primary N) is 1. The topological polar surface area (TPSA) is 88.1 Å². The van der Waals surface area contributed by atoms with Crippen molar-refractivity contribution in [1.82, 2.24) is 9.97 Å². The summed E-state index contributed by atoms with van der Waals surface area (Å²) in [5.41, 5.74) is 7.79. The third-order valence-electron chi connectivity index (χ3n) is 2.72. The van der Waals surface area contributed by atoms with Crippen LogP contribution in [0.3, 0.4) is 0 Å². The molecule has 19 heavy (non-hydrogen) atoms. The van der Waals surface area contributed by atoms with Crippen LogP contribution in [0.4, 0.5) is 17.2 Å². The Labute approximate surface area is 111 Å². The van der Waals surface area contributed by atoms with Gasteiger partial charge >= 0.3 is 0 Å². The molecule has 2 N–H and O–H groups in total. The molecule has 1 heterocycles. The van der Waals surface area contributed by atoms with Gasteiger partial charge in [0.05, 0.1) is 18.7 Å². The first-order valence-corrected chi connectivity index (χ1v) is 5.55. The van der Waals surface area contributed by atoms with Crippen molar-refractivity contribution < 1.29 is 4.74 Å². The summed E-state index contributed by atoms with van der Waals surface area (Å²) in [6.45, 7) is 0. The minimum Gasteiger partial charge on any atom is -0.479 e. The average molecular weight is 255 g/mol. The van der Waals surface area contributed by atoms with E-state index in [-0.39, 0.29) is 0 Å². The van der Waals surface area contributed by atoms with Crippen molar-refractivity contribution in [2.24, 2.45) is 0 Å². The van der Waals surface area contributed by atoms with E-state index in [1.54, 1.807) is 17.0 Å². The van der Waals surface area contributed by atoms with E-state index >= 15 is 0 Å². The average Bonchev–Trinajstić information content (AvgIpc) is 2.47. The highest BCUT2D eigenvalue weighted by Crippen LogP contribution is 2.31. The Kier molecular flexibility index (Phi) is 3.48. The van der Waals surface area contributed by atoms with E-state index in [1.165, 1.54) is 13.4 Å². The van der Waals surface area contributed by atoms with Crippen LogP contribution in [0.5, 0.6) is 5.88 Å². The molecule has 2 rings (SSSR count). The summed E-state index contributed by atoms with van der Waals surface area (Å²) in [7, 11) is 3.34. The summed E-state index contributed by atoms with van der Waals surface area (Å²) < 4.78 is 5.06. The minimum atomic E-state index is 0.338. The van der Waals surface area contributed by atoms with Crippen LogP contribution in [-0.2, 0) is 0 Å². The predicted molar refractivity (Wildman–Crippen MR) is 72.2 cm³/mol. The van der Waals surface area contributed by atoms with Crippen molar-refractivity contribution in [3.63, 3.8) is 0 Å². The Balaban J connectivity index is 2.38. The molecule has 6 nitrogen and oxygen atoms in total. The lowest BCUT2D eigenvalue weighted by atomic mass is 10.2. The number of ether oxygens (including phenoxy) is 1. The van der Waals surface area contributed by atoms with Crippen LogP contribution in [0.1, 0.15) is 5.56 Å². The van der Waals surface area contributed by atoms with Crippen LogP contribution in [0.15, 0.2) is 30.6 Å². The van der Waals surface area contributed by atoms with Crippen molar-refractivity contribution in [3.8, 4) is 11.9 Å². The van der Waals surface area contributed by atoms with E-state index in [9.17, 15) is 0 Å². The van der Waals surface area contributed by atoms with Crippen LogP contribution in [0.2, 0.25) is 0 Å². The smallest absolute Gasteiger partial charge is 0.242 e. The molecule has 0 spiro atoms. The SMILES string of the molecule is COc1ncnc(N(C)c2ccc(C#N)cc2)c1N. The van der Waals surface area contributed by atoms with E-state index in [4.69, 9.17) is 15.7 Å². The molecule has 0 bridgehead atoms. The fourth-order valence-corrected chi connectivity index (χ4v) is 1.68. The minimum absolute atomic E-state index is 0.338. The number of anilines is 3. The van der Waals surface area contributed by atoms with Crippen LogP contribution in [0.25, 0.3) is 0 Å². The fraction of sp³-hybridized carbons (Fsp3) is 0.154. The summed E-state index contributed by atoms with van der Waals surface area (Å²) in [5, 5.41) is 8.78. The first-order chi connectivity index (χ1) is 9.17. The first kappa shape index (κ1) is 12.6. The van der Waals surface area contributed by atoms with Crippen LogP contribution in [-0.4, -0.2) is 24.1 Å². The highest BCUT2D eigenvalue weighted by molar-refractivity contribution is 5.73. The van der Waals surface area contributed by atoms with Crippen molar-refractivity contribution in [1.29, 1.82) is 5.26 Å². The summed E-state index contributed by atoms with van der Waals surface area (Å²) in [6.07, 6.45) is 1.39. The third kappa shape index (κ3) is 2.40. The standard InChI is InChI=1S/C13H13N5O/c1-18(10-5-3-9(7-14)4-6-10)12-11(15)13(19-2)17-8-16-12/h3-6,8H,15H2,1-2H3. The van der Waals surface area contributed by atoms with Gasteiger partial charge in [-0.2, -0.15) is 10.2 Å². The number of nitrogen functional groups attached to an aromatic ring is 1. The molecule has 0 radical (unpaired) electrons. The van der Waals surface area contributed by atoms with Crippen molar-refractivity contribution in [2.45, 2.75) is 0 Å². The van der Waals surface area contributed by atoms with Gasteiger partial charge in [-0.1, -0.05) is 0 Å². The molecule has 1 aromatic heterocycles. The Morgan fingerprint density at radius 2 is 1.95 bits per heavy atom. The van der Waals surface area contributed by atoms with E-state index in [0.29, 0.717) is 22.9 Å². The lowest BCUT2D eigenvalue weighted by Gasteiger charge is -2.20. The molecule has 0 aliphatic rings. The predicted octanol–water partition coefficient (Wildman–Crippen LogP) is 1.71. The highest BCUT2D eigenvalue weighted by atomic mass is 16.5. The second kappa shape index (κ2) is 5.23. The molecule has 0 fully saturated rings. The van der Waals surface area contributed by atoms with E-state index in [2.05, 4.69) is 16.0 Å². The molecule has 2 aromatic rings. The molecule has 0 amide bonds. The lowest BCUT2D eigenvalue weighted by Crippen LogP contribution is -2.14. The lowest BCUT2D eigenvalue weighted by molar-refractivity contribution is 0.399. The number of rotatable bonds is 3. The van der Waals surface area contributed by atoms with Crippen LogP contribution >= 0.6 is 0 Å². The van der Waals surface area contributed by atoms with E-state index in [0.717, 1.165) is 5.69 Å². The maximum absolute atomic E-state index is 8.78. The van der Waals surface area contributed by atoms with Gasteiger partial charge in [0.2, 0.25) is 5.88 Å². The number of hydrogen-bond donors (Lipinski definition) is 1. The Morgan fingerprint density at radius 1 is 1.26 bits per heavy atom. The van der Waals surface area contributed by atoms with Gasteiger partial charge < -0.3 is 15.4 Å². The molecule has 6 heteroatoms. The van der Waals surface area contributed by atoms with Crippen molar-refractivity contribution in [3.05, 3.63) is 36.2 Å². The summed E-state index contributed by atoms with van der Waals surface area (Å²) in [6, 6.07) is 9.20. The van der Waals surface area contributed by atoms with Crippen molar-refractivity contribution in [2.75, 3.05) is 24.8 Å². The maximum atomic E-state index is 8.78. The number of hydrogen-bond acceptors (Lipinski definition) is 6. The monoisotopic (exact) mass is 255 g/mol. The van der Waals surface area contributed by atoms with E-state index < -0.39 is 0 Å². The molecule has 96 valence electrons. The molecule has 0 atom stereocenters. The summed E-state index contributed by atoms with van der Waals surface area (Å²) in [5.74, 6) is 0.891. The highest BCUT2D eigenvalue weighted by Gasteiger charge is 2.13. The zero-order chi connectivity index (χ0) is 13.8. The quantitative estimate of drug-likeness (QED) is 0.898. The summed E-state index contributed by atoms with van der Waals surface area (Å²) >= 11 is 0. The first-order valence-electron chi connectivity index (χ1n) is 5.55. The largest absolute Gasteiger partial charge is 0.479 e. The van der Waals surface area contributed by atoms with Gasteiger partial charge in [-0.25, -0.2) is 4.98 Å². The van der Waals surface area contributed by atoms with Gasteiger partial charge in [-0.3, -0.25) is 0 Å². The summed E-state index contributed by atoms with van der Waals surface area (Å²) in [4.78, 5) is 9.89. The van der Waals surface area contributed by atoms with Gasteiger partial charge in [0.1, 0.15) is 12.0 Å². The van der Waals surface area contributed by atoms with Crippen LogP contribution in [0, 0.1) is 11.3 Å². The molecule has 0 aliphatic heterocycles. The molecular weight excluding hydrogens is 242 g/mol. The normalized spacial score (nSPS) is 9.74. The second-order valence-corrected chi connectivity index (χ2v) is 3.84. The Morgan fingerprint density at radius 3 is 2.53 bits per heavy atom. The molecule has 0 saturated heterocycles. The third-order valence-corrected chi connectivity index (χ3v) is 2.72. The van der Waals surface area contributed by atoms with Gasteiger partial charge in [0, 0.05) is 12.7 Å². The number of nitriles is 1. The van der Waals surface area contributed by atoms with Gasteiger partial charge in [-0.05, 0) is 24.3 Å². The number of methoxy groups -OCH3 is 1. The van der Waals surface area contributed by atoms with Gasteiger partial charge in [0.25, 0.3) is 0 Å². The molecular formula is C13H13N5O. The van der Waals surface area contributed by atoms with Gasteiger partial charge in [-0.15, -0.1) is 0 Å². The van der Waals surface area contributed by atoms with Gasteiger partial charge in [0.15, 0.2) is 5.82 Å². The molecule has 1 aromatic carbocycles. The number of benzene rings is 1. The molecule has 0 unspecified atom stereocenters.